The van der Waals surface area contributed by atoms with E-state index in [9.17, 15) is 13.2 Å². The molecule has 78 valence electrons. The second-order valence-corrected chi connectivity index (χ2v) is 2.91. The van der Waals surface area contributed by atoms with E-state index in [0.717, 1.165) is 12.1 Å². The second kappa shape index (κ2) is 3.38. The first-order valence-corrected chi connectivity index (χ1v) is 4.09. The second-order valence-electron chi connectivity index (χ2n) is 2.91. The van der Waals surface area contributed by atoms with Crippen LogP contribution < -0.4 is 0 Å². The molecule has 0 bridgehead atoms. The number of hydrogen-bond donors (Lipinski definition) is 0. The highest BCUT2D eigenvalue weighted by Gasteiger charge is 2.29. The third-order valence-electron chi connectivity index (χ3n) is 1.91. The molecule has 0 saturated heterocycles. The highest BCUT2D eigenvalue weighted by Crippen LogP contribution is 2.29. The fourth-order valence-electron chi connectivity index (χ4n) is 1.16. The average Bonchev–Trinajstić information content (AvgIpc) is 2.69. The Morgan fingerprint density at radius 2 is 1.47 bits per heavy atom. The molecule has 0 aliphatic heterocycles. The topological polar surface area (TPSA) is 30.7 Å². The van der Waals surface area contributed by atoms with E-state index in [1.165, 1.54) is 29.4 Å². The Bertz CT molecular complexity index is 431. The Morgan fingerprint density at radius 3 is 1.93 bits per heavy atom. The van der Waals surface area contributed by atoms with Crippen LogP contribution in [-0.2, 0) is 6.18 Å². The molecule has 0 unspecified atom stereocenters. The Morgan fingerprint density at radius 1 is 0.933 bits per heavy atom. The smallest absolute Gasteiger partial charge is 0.288 e. The number of alkyl halides is 3. The van der Waals surface area contributed by atoms with Gasteiger partial charge in [0.1, 0.15) is 12.7 Å². The van der Waals surface area contributed by atoms with Crippen LogP contribution in [0.1, 0.15) is 5.56 Å². The van der Waals surface area contributed by atoms with Crippen LogP contribution in [0.2, 0.25) is 0 Å². The highest BCUT2D eigenvalue weighted by atomic mass is 19.4. The highest BCUT2D eigenvalue weighted by molar-refractivity contribution is 5.35. The van der Waals surface area contributed by atoms with Crippen molar-refractivity contribution < 1.29 is 13.2 Å². The molecule has 0 aliphatic carbocycles. The molecule has 0 spiro atoms. The number of hydrogen-bond acceptors (Lipinski definition) is 2. The van der Waals surface area contributed by atoms with Crippen molar-refractivity contribution in [2.24, 2.45) is 0 Å². The van der Waals surface area contributed by atoms with E-state index in [-0.39, 0.29) is 0 Å². The van der Waals surface area contributed by atoms with Crippen LogP contribution >= 0.6 is 0 Å². The van der Waals surface area contributed by atoms with Crippen molar-refractivity contribution in [3.8, 4) is 5.69 Å². The van der Waals surface area contributed by atoms with E-state index in [4.69, 9.17) is 0 Å². The van der Waals surface area contributed by atoms with Crippen molar-refractivity contribution in [2.75, 3.05) is 0 Å². The molecule has 2 aromatic rings. The lowest BCUT2D eigenvalue weighted by Crippen LogP contribution is -2.04. The third-order valence-corrected chi connectivity index (χ3v) is 1.91. The number of nitrogens with zero attached hydrogens (tertiary/aromatic N) is 3. The van der Waals surface area contributed by atoms with Gasteiger partial charge in [-0.05, 0) is 24.3 Å². The van der Waals surface area contributed by atoms with Gasteiger partial charge >= 0.3 is 6.18 Å². The number of aromatic nitrogens is 3. The number of benzene rings is 1. The molecule has 3 nitrogen and oxygen atoms in total. The normalized spacial score (nSPS) is 11.7. The fraction of sp³-hybridized carbons (Fsp3) is 0.111. The van der Waals surface area contributed by atoms with Gasteiger partial charge in [-0.3, -0.25) is 4.57 Å². The zero-order chi connectivity index (χ0) is 10.9. The maximum atomic E-state index is 12.2. The van der Waals surface area contributed by atoms with Gasteiger partial charge < -0.3 is 0 Å². The first-order valence-electron chi connectivity index (χ1n) is 4.09. The molecule has 1 aromatic heterocycles. The molecule has 0 saturated carbocycles. The molecule has 15 heavy (non-hydrogen) atoms. The zero-order valence-corrected chi connectivity index (χ0v) is 7.44. The Kier molecular flexibility index (Phi) is 2.18. The standard InChI is InChI=1S/C9H6F3N3/c10-9(11,12)7-1-3-8(4-2-7)15-5-13-14-6-15/h1-6H. The van der Waals surface area contributed by atoms with Crippen molar-refractivity contribution in [3.05, 3.63) is 42.5 Å². The van der Waals surface area contributed by atoms with Gasteiger partial charge in [-0.15, -0.1) is 10.2 Å². The summed E-state index contributed by atoms with van der Waals surface area (Å²) in [5, 5.41) is 7.12. The lowest BCUT2D eigenvalue weighted by Gasteiger charge is -2.07. The van der Waals surface area contributed by atoms with E-state index >= 15 is 0 Å². The molecule has 0 radical (unpaired) electrons. The molecule has 1 aromatic carbocycles. The van der Waals surface area contributed by atoms with Gasteiger partial charge in [0.15, 0.2) is 0 Å². The summed E-state index contributed by atoms with van der Waals surface area (Å²) in [7, 11) is 0. The molecular weight excluding hydrogens is 207 g/mol. The predicted octanol–water partition coefficient (Wildman–Crippen LogP) is 2.29. The van der Waals surface area contributed by atoms with Gasteiger partial charge in [-0.25, -0.2) is 0 Å². The van der Waals surface area contributed by atoms with E-state index < -0.39 is 11.7 Å². The van der Waals surface area contributed by atoms with Crippen LogP contribution in [0.4, 0.5) is 13.2 Å². The Labute approximate surface area is 83.2 Å². The summed E-state index contributed by atoms with van der Waals surface area (Å²) in [6, 6.07) is 4.78. The minimum absolute atomic E-state index is 0.591. The lowest BCUT2D eigenvalue weighted by molar-refractivity contribution is -0.137. The summed E-state index contributed by atoms with van der Waals surface area (Å²) >= 11 is 0. The third kappa shape index (κ3) is 1.98. The molecule has 0 aliphatic rings. The average molecular weight is 213 g/mol. The summed E-state index contributed by atoms with van der Waals surface area (Å²) in [5.41, 5.74) is -0.0766. The van der Waals surface area contributed by atoms with E-state index in [0.29, 0.717) is 5.69 Å². The first-order chi connectivity index (χ1) is 7.07. The van der Waals surface area contributed by atoms with Gasteiger partial charge in [-0.2, -0.15) is 13.2 Å². The van der Waals surface area contributed by atoms with E-state index in [2.05, 4.69) is 10.2 Å². The van der Waals surface area contributed by atoms with Crippen molar-refractivity contribution >= 4 is 0 Å². The molecule has 0 amide bonds. The maximum Gasteiger partial charge on any atom is 0.416 e. The van der Waals surface area contributed by atoms with Crippen LogP contribution in [0.3, 0.4) is 0 Å². The summed E-state index contributed by atoms with van der Waals surface area (Å²) in [5.74, 6) is 0. The first kappa shape index (κ1) is 9.70. The predicted molar refractivity (Wildman–Crippen MR) is 46.4 cm³/mol. The van der Waals surface area contributed by atoms with Crippen molar-refractivity contribution in [3.63, 3.8) is 0 Å². The van der Waals surface area contributed by atoms with Crippen molar-refractivity contribution in [2.45, 2.75) is 6.18 Å². The number of halogens is 3. The molecule has 0 fully saturated rings. The quantitative estimate of drug-likeness (QED) is 0.727. The fourth-order valence-corrected chi connectivity index (χ4v) is 1.16. The van der Waals surface area contributed by atoms with Gasteiger partial charge in [0.05, 0.1) is 5.56 Å². The largest absolute Gasteiger partial charge is 0.416 e. The summed E-state index contributed by atoms with van der Waals surface area (Å²) in [6.45, 7) is 0. The summed E-state index contributed by atoms with van der Waals surface area (Å²) in [4.78, 5) is 0. The van der Waals surface area contributed by atoms with Crippen LogP contribution in [0.25, 0.3) is 5.69 Å². The minimum atomic E-state index is -4.30. The molecule has 0 atom stereocenters. The molecule has 2 rings (SSSR count). The van der Waals surface area contributed by atoms with Gasteiger partial charge in [-0.1, -0.05) is 0 Å². The van der Waals surface area contributed by atoms with Crippen molar-refractivity contribution in [1.82, 2.24) is 14.8 Å². The van der Waals surface area contributed by atoms with E-state index in [1.807, 2.05) is 0 Å². The molecule has 1 heterocycles. The summed E-state index contributed by atoms with van der Waals surface area (Å²) < 4.78 is 38.2. The van der Waals surface area contributed by atoms with Crippen molar-refractivity contribution in [1.29, 1.82) is 0 Å². The minimum Gasteiger partial charge on any atom is -0.288 e. The van der Waals surface area contributed by atoms with E-state index in [1.54, 1.807) is 0 Å². The van der Waals surface area contributed by atoms with Gasteiger partial charge in [0, 0.05) is 5.69 Å². The van der Waals surface area contributed by atoms with Crippen LogP contribution in [0.5, 0.6) is 0 Å². The SMILES string of the molecule is FC(F)(F)c1ccc(-n2cnnc2)cc1. The van der Waals surface area contributed by atoms with Gasteiger partial charge in [0.2, 0.25) is 0 Å². The lowest BCUT2D eigenvalue weighted by atomic mass is 10.2. The van der Waals surface area contributed by atoms with Crippen LogP contribution in [0, 0.1) is 0 Å². The molecular formula is C9H6F3N3. The monoisotopic (exact) mass is 213 g/mol. The Hall–Kier alpha value is -1.85. The van der Waals surface area contributed by atoms with Crippen LogP contribution in [0.15, 0.2) is 36.9 Å². The zero-order valence-electron chi connectivity index (χ0n) is 7.44. The maximum absolute atomic E-state index is 12.2. The molecule has 0 N–H and O–H groups in total. The van der Waals surface area contributed by atoms with Crippen LogP contribution in [-0.4, -0.2) is 14.8 Å². The van der Waals surface area contributed by atoms with Gasteiger partial charge in [0.25, 0.3) is 0 Å². The molecule has 6 heteroatoms. The Balaban J connectivity index is 2.33. The summed E-state index contributed by atoms with van der Waals surface area (Å²) in [6.07, 6.45) is -1.46. The number of rotatable bonds is 1.